The lowest BCUT2D eigenvalue weighted by Gasteiger charge is -2.09. The highest BCUT2D eigenvalue weighted by atomic mass is 19.1. The second-order valence-electron chi connectivity index (χ2n) is 5.74. The SMILES string of the molecule is COc1ccccc1CCNC(=O)c1cnc(Nc2ccc(F)cc2)cn1. The lowest BCUT2D eigenvalue weighted by Crippen LogP contribution is -2.26. The van der Waals surface area contributed by atoms with Crippen molar-refractivity contribution in [1.82, 2.24) is 15.3 Å². The number of hydrogen-bond donors (Lipinski definition) is 2. The van der Waals surface area contributed by atoms with Crippen molar-refractivity contribution in [3.05, 3.63) is 78.0 Å². The van der Waals surface area contributed by atoms with E-state index in [0.29, 0.717) is 24.5 Å². The lowest BCUT2D eigenvalue weighted by atomic mass is 10.1. The number of carbonyl (C=O) groups is 1. The zero-order chi connectivity index (χ0) is 19.1. The summed E-state index contributed by atoms with van der Waals surface area (Å²) in [6, 6.07) is 13.6. The van der Waals surface area contributed by atoms with Crippen LogP contribution < -0.4 is 15.4 Å². The normalized spacial score (nSPS) is 10.3. The molecule has 2 aromatic carbocycles. The Morgan fingerprint density at radius 2 is 1.85 bits per heavy atom. The molecule has 7 heteroatoms. The smallest absolute Gasteiger partial charge is 0.271 e. The lowest BCUT2D eigenvalue weighted by molar-refractivity contribution is 0.0948. The number of hydrogen-bond acceptors (Lipinski definition) is 5. The average Bonchev–Trinajstić information content (AvgIpc) is 2.70. The van der Waals surface area contributed by atoms with Crippen LogP contribution >= 0.6 is 0 Å². The Morgan fingerprint density at radius 3 is 2.56 bits per heavy atom. The minimum absolute atomic E-state index is 0.222. The number of aromatic nitrogens is 2. The summed E-state index contributed by atoms with van der Waals surface area (Å²) < 4.78 is 18.2. The van der Waals surface area contributed by atoms with Crippen LogP contribution in [-0.4, -0.2) is 29.5 Å². The van der Waals surface area contributed by atoms with Crippen LogP contribution in [-0.2, 0) is 6.42 Å². The first-order valence-corrected chi connectivity index (χ1v) is 8.40. The monoisotopic (exact) mass is 366 g/mol. The van der Waals surface area contributed by atoms with E-state index in [2.05, 4.69) is 20.6 Å². The Morgan fingerprint density at radius 1 is 1.07 bits per heavy atom. The van der Waals surface area contributed by atoms with E-state index in [-0.39, 0.29) is 17.4 Å². The van der Waals surface area contributed by atoms with Gasteiger partial charge >= 0.3 is 0 Å². The molecule has 1 heterocycles. The fourth-order valence-corrected chi connectivity index (χ4v) is 2.50. The molecule has 0 unspecified atom stereocenters. The van der Waals surface area contributed by atoms with E-state index in [1.807, 2.05) is 24.3 Å². The van der Waals surface area contributed by atoms with E-state index >= 15 is 0 Å². The van der Waals surface area contributed by atoms with E-state index in [0.717, 1.165) is 11.3 Å². The standard InChI is InChI=1S/C20H19FN4O2/c1-27-18-5-3-2-4-14(18)10-11-22-20(26)17-12-24-19(13-23-17)25-16-8-6-15(21)7-9-16/h2-9,12-13H,10-11H2,1H3,(H,22,26)(H,24,25). The highest BCUT2D eigenvalue weighted by molar-refractivity contribution is 5.92. The molecule has 0 bridgehead atoms. The van der Waals surface area contributed by atoms with Gasteiger partial charge in [-0.3, -0.25) is 4.79 Å². The van der Waals surface area contributed by atoms with Gasteiger partial charge in [0.25, 0.3) is 5.91 Å². The summed E-state index contributed by atoms with van der Waals surface area (Å²) in [5.41, 5.74) is 1.92. The van der Waals surface area contributed by atoms with Gasteiger partial charge in [0.2, 0.25) is 0 Å². The third-order valence-corrected chi connectivity index (χ3v) is 3.87. The van der Waals surface area contributed by atoms with Gasteiger partial charge in [-0.2, -0.15) is 0 Å². The van der Waals surface area contributed by atoms with Crippen molar-refractivity contribution in [2.24, 2.45) is 0 Å². The highest BCUT2D eigenvalue weighted by Gasteiger charge is 2.09. The van der Waals surface area contributed by atoms with Crippen LogP contribution in [0.25, 0.3) is 0 Å². The van der Waals surface area contributed by atoms with Crippen molar-refractivity contribution < 1.29 is 13.9 Å². The predicted molar refractivity (Wildman–Crippen MR) is 101 cm³/mol. The molecule has 0 aliphatic heterocycles. The number of ether oxygens (including phenoxy) is 1. The van der Waals surface area contributed by atoms with Crippen LogP contribution in [0.3, 0.4) is 0 Å². The average molecular weight is 366 g/mol. The minimum atomic E-state index is -0.313. The zero-order valence-corrected chi connectivity index (χ0v) is 14.8. The first kappa shape index (κ1) is 18.3. The molecule has 6 nitrogen and oxygen atoms in total. The van der Waals surface area contributed by atoms with Crippen molar-refractivity contribution in [3.63, 3.8) is 0 Å². The van der Waals surface area contributed by atoms with Crippen LogP contribution in [0.5, 0.6) is 5.75 Å². The van der Waals surface area contributed by atoms with Gasteiger partial charge in [-0.25, -0.2) is 14.4 Å². The molecule has 0 fully saturated rings. The molecule has 27 heavy (non-hydrogen) atoms. The van der Waals surface area contributed by atoms with Crippen LogP contribution in [0.1, 0.15) is 16.1 Å². The summed E-state index contributed by atoms with van der Waals surface area (Å²) in [4.78, 5) is 20.5. The number of amides is 1. The molecule has 0 aliphatic rings. The molecular weight excluding hydrogens is 347 g/mol. The van der Waals surface area contributed by atoms with E-state index in [9.17, 15) is 9.18 Å². The zero-order valence-electron chi connectivity index (χ0n) is 14.8. The van der Waals surface area contributed by atoms with Crippen LogP contribution in [0.2, 0.25) is 0 Å². The Bertz CT molecular complexity index is 899. The number of nitrogens with zero attached hydrogens (tertiary/aromatic N) is 2. The Balaban J connectivity index is 1.53. The molecule has 0 atom stereocenters. The topological polar surface area (TPSA) is 76.1 Å². The molecular formula is C20H19FN4O2. The van der Waals surface area contributed by atoms with Gasteiger partial charge in [-0.15, -0.1) is 0 Å². The molecule has 138 valence electrons. The Labute approximate surface area is 156 Å². The number of halogens is 1. The molecule has 0 saturated heterocycles. The van der Waals surface area contributed by atoms with Gasteiger partial charge in [0, 0.05) is 12.2 Å². The van der Waals surface area contributed by atoms with Gasteiger partial charge in [-0.05, 0) is 42.3 Å². The number of anilines is 2. The van der Waals surface area contributed by atoms with Crippen molar-refractivity contribution in [2.45, 2.75) is 6.42 Å². The van der Waals surface area contributed by atoms with Gasteiger partial charge in [-0.1, -0.05) is 18.2 Å². The number of para-hydroxylation sites is 1. The molecule has 1 amide bonds. The number of nitrogens with one attached hydrogen (secondary N) is 2. The summed E-state index contributed by atoms with van der Waals surface area (Å²) in [6.45, 7) is 0.455. The summed E-state index contributed by atoms with van der Waals surface area (Å²) in [5, 5.41) is 5.80. The van der Waals surface area contributed by atoms with Gasteiger partial charge in [0.1, 0.15) is 23.1 Å². The molecule has 0 radical (unpaired) electrons. The first-order valence-electron chi connectivity index (χ1n) is 8.40. The molecule has 1 aromatic heterocycles. The summed E-state index contributed by atoms with van der Waals surface area (Å²) in [5.74, 6) is 0.646. The minimum Gasteiger partial charge on any atom is -0.496 e. The predicted octanol–water partition coefficient (Wildman–Crippen LogP) is 3.34. The van der Waals surface area contributed by atoms with Gasteiger partial charge in [0.15, 0.2) is 0 Å². The fraction of sp³-hybridized carbons (Fsp3) is 0.150. The van der Waals surface area contributed by atoms with Crippen LogP contribution in [0, 0.1) is 5.82 Å². The van der Waals surface area contributed by atoms with Gasteiger partial charge in [0.05, 0.1) is 19.5 Å². The quantitative estimate of drug-likeness (QED) is 0.671. The fourth-order valence-electron chi connectivity index (χ4n) is 2.50. The maximum Gasteiger partial charge on any atom is 0.271 e. The second-order valence-corrected chi connectivity index (χ2v) is 5.74. The highest BCUT2D eigenvalue weighted by Crippen LogP contribution is 2.17. The van der Waals surface area contributed by atoms with Crippen molar-refractivity contribution in [1.29, 1.82) is 0 Å². The largest absolute Gasteiger partial charge is 0.496 e. The first-order chi connectivity index (χ1) is 13.2. The number of rotatable bonds is 7. The molecule has 0 aliphatic carbocycles. The number of methoxy groups -OCH3 is 1. The number of carbonyl (C=O) groups excluding carboxylic acids is 1. The third kappa shape index (κ3) is 5.01. The molecule has 0 spiro atoms. The van der Waals surface area contributed by atoms with E-state index in [4.69, 9.17) is 4.74 Å². The maximum absolute atomic E-state index is 12.9. The van der Waals surface area contributed by atoms with Crippen molar-refractivity contribution in [3.8, 4) is 5.75 Å². The van der Waals surface area contributed by atoms with Crippen molar-refractivity contribution in [2.75, 3.05) is 19.0 Å². The molecule has 0 saturated carbocycles. The molecule has 3 aromatic rings. The van der Waals surface area contributed by atoms with E-state index in [1.165, 1.54) is 24.5 Å². The maximum atomic E-state index is 12.9. The second kappa shape index (κ2) is 8.75. The summed E-state index contributed by atoms with van der Waals surface area (Å²) >= 11 is 0. The van der Waals surface area contributed by atoms with E-state index < -0.39 is 0 Å². The van der Waals surface area contributed by atoms with Crippen LogP contribution in [0.15, 0.2) is 60.9 Å². The Hall–Kier alpha value is -3.48. The summed E-state index contributed by atoms with van der Waals surface area (Å²) in [6.07, 6.45) is 3.50. The van der Waals surface area contributed by atoms with Crippen LogP contribution in [0.4, 0.5) is 15.9 Å². The molecule has 3 rings (SSSR count). The van der Waals surface area contributed by atoms with Gasteiger partial charge < -0.3 is 15.4 Å². The van der Waals surface area contributed by atoms with E-state index in [1.54, 1.807) is 19.2 Å². The summed E-state index contributed by atoms with van der Waals surface area (Å²) in [7, 11) is 1.62. The Kier molecular flexibility index (Phi) is 5.94. The molecule has 2 N–H and O–H groups in total. The third-order valence-electron chi connectivity index (χ3n) is 3.87. The number of benzene rings is 2. The van der Waals surface area contributed by atoms with Crippen molar-refractivity contribution >= 4 is 17.4 Å².